The van der Waals surface area contributed by atoms with Gasteiger partial charge in [0.1, 0.15) is 5.69 Å². The maximum atomic E-state index is 12.2. The molecule has 1 aromatic carbocycles. The van der Waals surface area contributed by atoms with Crippen LogP contribution in [0.2, 0.25) is 0 Å². The number of nitrogens with zero attached hydrogens (tertiary/aromatic N) is 2. The zero-order chi connectivity index (χ0) is 15.4. The van der Waals surface area contributed by atoms with Gasteiger partial charge in [-0.05, 0) is 57.0 Å². The topological polar surface area (TPSA) is 66.9 Å². The van der Waals surface area contributed by atoms with Crippen molar-refractivity contribution in [2.24, 2.45) is 0 Å². The molecular formula is C16H20N4O. The van der Waals surface area contributed by atoms with Crippen LogP contribution in [0, 0.1) is 13.8 Å². The van der Waals surface area contributed by atoms with Gasteiger partial charge in [-0.2, -0.15) is 0 Å². The van der Waals surface area contributed by atoms with Gasteiger partial charge in [0.05, 0.1) is 0 Å². The summed E-state index contributed by atoms with van der Waals surface area (Å²) in [6, 6.07) is 7.62. The van der Waals surface area contributed by atoms with E-state index < -0.39 is 0 Å². The average Bonchev–Trinajstić information content (AvgIpc) is 2.42. The summed E-state index contributed by atoms with van der Waals surface area (Å²) < 4.78 is 0. The Balaban J connectivity index is 2.14. The summed E-state index contributed by atoms with van der Waals surface area (Å²) in [5.41, 5.74) is 3.43. The smallest absolute Gasteiger partial charge is 0.274 e. The van der Waals surface area contributed by atoms with Gasteiger partial charge in [0.2, 0.25) is 5.95 Å². The summed E-state index contributed by atoms with van der Waals surface area (Å²) in [5, 5.41) is 5.93. The molecule has 0 atom stereocenters. The van der Waals surface area contributed by atoms with E-state index in [9.17, 15) is 4.79 Å². The number of aromatic nitrogens is 2. The summed E-state index contributed by atoms with van der Waals surface area (Å²) >= 11 is 0. The van der Waals surface area contributed by atoms with Gasteiger partial charge in [0.25, 0.3) is 5.91 Å². The number of carbonyl (C=O) groups excluding carboxylic acids is 1. The van der Waals surface area contributed by atoms with Crippen LogP contribution < -0.4 is 10.6 Å². The molecule has 2 rings (SSSR count). The standard InChI is InChI=1S/C16H20N4O/c1-10(2)18-16-17-8-7-14(20-16)15(21)19-13-6-5-11(3)12(4)9-13/h5-10H,1-4H3,(H,19,21)(H,17,18,20). The summed E-state index contributed by atoms with van der Waals surface area (Å²) in [7, 11) is 0. The fourth-order valence-electron chi connectivity index (χ4n) is 1.83. The van der Waals surface area contributed by atoms with E-state index in [0.717, 1.165) is 11.3 Å². The highest BCUT2D eigenvalue weighted by Crippen LogP contribution is 2.15. The van der Waals surface area contributed by atoms with Gasteiger partial charge >= 0.3 is 0 Å². The molecule has 1 heterocycles. The molecule has 0 aliphatic carbocycles. The molecule has 2 aromatic rings. The molecule has 0 bridgehead atoms. The third-order valence-corrected chi connectivity index (χ3v) is 3.07. The van der Waals surface area contributed by atoms with Crippen LogP contribution in [-0.2, 0) is 0 Å². The van der Waals surface area contributed by atoms with Crippen molar-refractivity contribution in [1.82, 2.24) is 9.97 Å². The van der Waals surface area contributed by atoms with Crippen LogP contribution in [0.5, 0.6) is 0 Å². The largest absolute Gasteiger partial charge is 0.352 e. The zero-order valence-corrected chi connectivity index (χ0v) is 12.8. The third-order valence-electron chi connectivity index (χ3n) is 3.07. The molecule has 0 radical (unpaired) electrons. The van der Waals surface area contributed by atoms with Crippen LogP contribution in [0.25, 0.3) is 0 Å². The van der Waals surface area contributed by atoms with Crippen molar-refractivity contribution >= 4 is 17.5 Å². The highest BCUT2D eigenvalue weighted by atomic mass is 16.1. The molecule has 0 spiro atoms. The number of anilines is 2. The van der Waals surface area contributed by atoms with Crippen LogP contribution in [0.1, 0.15) is 35.5 Å². The molecule has 110 valence electrons. The van der Waals surface area contributed by atoms with Crippen molar-refractivity contribution < 1.29 is 4.79 Å². The lowest BCUT2D eigenvalue weighted by Gasteiger charge is -2.10. The highest BCUT2D eigenvalue weighted by molar-refractivity contribution is 6.03. The fourth-order valence-corrected chi connectivity index (χ4v) is 1.83. The lowest BCUT2D eigenvalue weighted by Crippen LogP contribution is -2.17. The molecule has 0 aliphatic heterocycles. The van der Waals surface area contributed by atoms with E-state index in [1.807, 2.05) is 45.9 Å². The minimum absolute atomic E-state index is 0.211. The van der Waals surface area contributed by atoms with Crippen molar-refractivity contribution in [3.05, 3.63) is 47.3 Å². The molecule has 5 heteroatoms. The fraction of sp³-hybridized carbons (Fsp3) is 0.312. The predicted octanol–water partition coefficient (Wildman–Crippen LogP) is 3.17. The van der Waals surface area contributed by atoms with Gasteiger partial charge in [0.15, 0.2) is 0 Å². The van der Waals surface area contributed by atoms with E-state index in [4.69, 9.17) is 0 Å². The molecule has 0 unspecified atom stereocenters. The number of amides is 1. The van der Waals surface area contributed by atoms with Gasteiger partial charge in [-0.25, -0.2) is 9.97 Å². The normalized spacial score (nSPS) is 10.5. The Labute approximate surface area is 124 Å². The Morgan fingerprint density at radius 3 is 2.57 bits per heavy atom. The number of carbonyl (C=O) groups is 1. The van der Waals surface area contributed by atoms with Crippen molar-refractivity contribution in [2.75, 3.05) is 10.6 Å². The third kappa shape index (κ3) is 4.02. The van der Waals surface area contributed by atoms with Crippen LogP contribution in [-0.4, -0.2) is 21.9 Å². The molecule has 21 heavy (non-hydrogen) atoms. The first-order valence-corrected chi connectivity index (χ1v) is 6.94. The van der Waals surface area contributed by atoms with E-state index >= 15 is 0 Å². The molecule has 5 nitrogen and oxygen atoms in total. The molecule has 1 amide bonds. The van der Waals surface area contributed by atoms with Crippen molar-refractivity contribution in [1.29, 1.82) is 0 Å². The van der Waals surface area contributed by atoms with Crippen molar-refractivity contribution in [2.45, 2.75) is 33.7 Å². The lowest BCUT2D eigenvalue weighted by molar-refractivity contribution is 0.102. The number of aryl methyl sites for hydroxylation is 2. The highest BCUT2D eigenvalue weighted by Gasteiger charge is 2.10. The Hall–Kier alpha value is -2.43. The maximum Gasteiger partial charge on any atom is 0.274 e. The maximum absolute atomic E-state index is 12.2. The Morgan fingerprint density at radius 1 is 1.14 bits per heavy atom. The number of rotatable bonds is 4. The Kier molecular flexibility index (Phi) is 4.52. The van der Waals surface area contributed by atoms with Gasteiger partial charge in [-0.3, -0.25) is 4.79 Å². The number of hydrogen-bond donors (Lipinski definition) is 2. The summed E-state index contributed by atoms with van der Waals surface area (Å²) in [6.07, 6.45) is 1.58. The summed E-state index contributed by atoms with van der Waals surface area (Å²) in [6.45, 7) is 8.03. The van der Waals surface area contributed by atoms with Gasteiger partial charge in [0, 0.05) is 17.9 Å². The Bertz CT molecular complexity index is 652. The lowest BCUT2D eigenvalue weighted by atomic mass is 10.1. The predicted molar refractivity (Wildman–Crippen MR) is 84.7 cm³/mol. The first-order chi connectivity index (χ1) is 9.95. The van der Waals surface area contributed by atoms with Crippen LogP contribution in [0.4, 0.5) is 11.6 Å². The van der Waals surface area contributed by atoms with Gasteiger partial charge in [-0.15, -0.1) is 0 Å². The first kappa shape index (κ1) is 15.0. The molecule has 0 saturated heterocycles. The minimum Gasteiger partial charge on any atom is -0.352 e. The quantitative estimate of drug-likeness (QED) is 0.905. The van der Waals surface area contributed by atoms with Crippen molar-refractivity contribution in [3.63, 3.8) is 0 Å². The van der Waals surface area contributed by atoms with E-state index in [-0.39, 0.29) is 11.9 Å². The van der Waals surface area contributed by atoms with Crippen molar-refractivity contribution in [3.8, 4) is 0 Å². The van der Waals surface area contributed by atoms with Gasteiger partial charge < -0.3 is 10.6 Å². The zero-order valence-electron chi connectivity index (χ0n) is 12.8. The van der Waals surface area contributed by atoms with Gasteiger partial charge in [-0.1, -0.05) is 6.07 Å². The van der Waals surface area contributed by atoms with E-state index in [2.05, 4.69) is 20.6 Å². The van der Waals surface area contributed by atoms with E-state index in [0.29, 0.717) is 11.6 Å². The Morgan fingerprint density at radius 2 is 1.90 bits per heavy atom. The number of hydrogen-bond acceptors (Lipinski definition) is 4. The molecule has 2 N–H and O–H groups in total. The number of benzene rings is 1. The molecule has 1 aromatic heterocycles. The second-order valence-electron chi connectivity index (χ2n) is 5.32. The number of nitrogens with one attached hydrogen (secondary N) is 2. The summed E-state index contributed by atoms with van der Waals surface area (Å²) in [4.78, 5) is 20.5. The molecule has 0 fully saturated rings. The minimum atomic E-state index is -0.243. The van der Waals surface area contributed by atoms with E-state index in [1.165, 1.54) is 5.56 Å². The van der Waals surface area contributed by atoms with E-state index in [1.54, 1.807) is 12.3 Å². The SMILES string of the molecule is Cc1ccc(NC(=O)c2ccnc(NC(C)C)n2)cc1C. The molecule has 0 saturated carbocycles. The second-order valence-corrected chi connectivity index (χ2v) is 5.32. The molecular weight excluding hydrogens is 264 g/mol. The first-order valence-electron chi connectivity index (χ1n) is 6.94. The van der Waals surface area contributed by atoms with Crippen LogP contribution >= 0.6 is 0 Å². The summed E-state index contributed by atoms with van der Waals surface area (Å²) in [5.74, 6) is 0.213. The van der Waals surface area contributed by atoms with Crippen LogP contribution in [0.3, 0.4) is 0 Å². The van der Waals surface area contributed by atoms with Crippen LogP contribution in [0.15, 0.2) is 30.5 Å². The second kappa shape index (κ2) is 6.35. The average molecular weight is 284 g/mol. The monoisotopic (exact) mass is 284 g/mol. The molecule has 0 aliphatic rings.